The van der Waals surface area contributed by atoms with Gasteiger partial charge in [0, 0.05) is 18.6 Å². The molecule has 0 aliphatic rings. The minimum atomic E-state index is -4.62. The molecule has 0 spiro atoms. The third kappa shape index (κ3) is 2.93. The van der Waals surface area contributed by atoms with Crippen LogP contribution in [0.5, 0.6) is 0 Å². The van der Waals surface area contributed by atoms with Crippen molar-refractivity contribution in [3.05, 3.63) is 53.5 Å². The minimum Gasteiger partial charge on any atom is -0.306 e. The lowest BCUT2D eigenvalue weighted by molar-refractivity contribution is -0.137. The molecule has 1 amide bonds. The van der Waals surface area contributed by atoms with Gasteiger partial charge in [-0.2, -0.15) is 13.2 Å². The Bertz CT molecular complexity index is 641. The summed E-state index contributed by atoms with van der Waals surface area (Å²) in [7, 11) is 0. The maximum atomic E-state index is 12.8. The van der Waals surface area contributed by atoms with Gasteiger partial charge in [0.15, 0.2) is 0 Å². The van der Waals surface area contributed by atoms with E-state index in [1.165, 1.54) is 6.20 Å². The first-order chi connectivity index (χ1) is 9.39. The van der Waals surface area contributed by atoms with Crippen molar-refractivity contribution >= 4 is 11.7 Å². The first kappa shape index (κ1) is 14.0. The number of halogens is 3. The van der Waals surface area contributed by atoms with Gasteiger partial charge in [-0.15, -0.1) is 0 Å². The molecule has 0 aliphatic carbocycles. The number of carbonyl (C=O) groups is 1. The zero-order valence-electron chi connectivity index (χ0n) is 10.4. The van der Waals surface area contributed by atoms with Gasteiger partial charge in [-0.05, 0) is 24.6 Å². The van der Waals surface area contributed by atoms with E-state index >= 15 is 0 Å². The first-order valence-corrected chi connectivity index (χ1v) is 5.64. The molecule has 104 valence electrons. The van der Waals surface area contributed by atoms with Crippen molar-refractivity contribution in [2.24, 2.45) is 0 Å². The molecule has 20 heavy (non-hydrogen) atoms. The predicted molar refractivity (Wildman–Crippen MR) is 66.2 cm³/mol. The Balaban J connectivity index is 2.34. The van der Waals surface area contributed by atoms with Gasteiger partial charge in [0.05, 0.1) is 11.1 Å². The number of aryl methyl sites for hydroxylation is 1. The summed E-state index contributed by atoms with van der Waals surface area (Å²) < 4.78 is 38.4. The zero-order chi connectivity index (χ0) is 14.8. The molecule has 1 N–H and O–H groups in total. The highest BCUT2D eigenvalue weighted by Gasteiger charge is 2.35. The van der Waals surface area contributed by atoms with Crippen LogP contribution in [0.1, 0.15) is 21.5 Å². The molecule has 2 heterocycles. The second kappa shape index (κ2) is 5.28. The lowest BCUT2D eigenvalue weighted by Gasteiger charge is -2.12. The van der Waals surface area contributed by atoms with E-state index in [-0.39, 0.29) is 5.82 Å². The maximum Gasteiger partial charge on any atom is 0.417 e. The molecule has 4 nitrogen and oxygen atoms in total. The fourth-order valence-electron chi connectivity index (χ4n) is 1.61. The third-order valence-corrected chi connectivity index (χ3v) is 2.61. The van der Waals surface area contributed by atoms with Crippen molar-refractivity contribution < 1.29 is 18.0 Å². The number of pyridine rings is 2. The summed E-state index contributed by atoms with van der Waals surface area (Å²) in [5.41, 5.74) is -0.915. The maximum absolute atomic E-state index is 12.8. The number of anilines is 1. The Morgan fingerprint density at radius 3 is 2.65 bits per heavy atom. The van der Waals surface area contributed by atoms with Crippen molar-refractivity contribution in [2.45, 2.75) is 13.1 Å². The Labute approximate surface area is 112 Å². The van der Waals surface area contributed by atoms with Crippen LogP contribution in [0.25, 0.3) is 0 Å². The van der Waals surface area contributed by atoms with Crippen LogP contribution in [0.3, 0.4) is 0 Å². The number of alkyl halides is 3. The topological polar surface area (TPSA) is 54.9 Å². The monoisotopic (exact) mass is 281 g/mol. The smallest absolute Gasteiger partial charge is 0.306 e. The molecule has 0 saturated heterocycles. The lowest BCUT2D eigenvalue weighted by Crippen LogP contribution is -2.20. The molecule has 2 aromatic rings. The number of hydrogen-bond acceptors (Lipinski definition) is 3. The van der Waals surface area contributed by atoms with Crippen molar-refractivity contribution in [3.63, 3.8) is 0 Å². The van der Waals surface area contributed by atoms with Crippen LogP contribution in [0.4, 0.5) is 19.0 Å². The van der Waals surface area contributed by atoms with Gasteiger partial charge in [-0.3, -0.25) is 9.78 Å². The second-order valence-electron chi connectivity index (χ2n) is 4.04. The molecule has 0 fully saturated rings. The number of carbonyl (C=O) groups excluding carboxylic acids is 1. The van der Waals surface area contributed by atoms with Gasteiger partial charge in [0.1, 0.15) is 5.82 Å². The SMILES string of the molecule is Cc1cccnc1NC(=O)c1cnccc1C(F)(F)F. The number of amides is 1. The van der Waals surface area contributed by atoms with E-state index in [0.29, 0.717) is 5.56 Å². The second-order valence-corrected chi connectivity index (χ2v) is 4.04. The fourth-order valence-corrected chi connectivity index (χ4v) is 1.61. The fraction of sp³-hybridized carbons (Fsp3) is 0.154. The van der Waals surface area contributed by atoms with Crippen LogP contribution < -0.4 is 5.32 Å². The Morgan fingerprint density at radius 1 is 1.25 bits per heavy atom. The molecule has 0 unspecified atom stereocenters. The largest absolute Gasteiger partial charge is 0.417 e. The van der Waals surface area contributed by atoms with Gasteiger partial charge in [0.2, 0.25) is 0 Å². The van der Waals surface area contributed by atoms with Crippen LogP contribution in [-0.4, -0.2) is 15.9 Å². The molecule has 0 atom stereocenters. The minimum absolute atomic E-state index is 0.217. The summed E-state index contributed by atoms with van der Waals surface area (Å²) in [6.07, 6.45) is -1.30. The molecule has 0 aliphatic heterocycles. The number of rotatable bonds is 2. The molecule has 2 rings (SSSR count). The highest BCUT2D eigenvalue weighted by Crippen LogP contribution is 2.31. The van der Waals surface area contributed by atoms with Crippen LogP contribution in [0, 0.1) is 6.92 Å². The van der Waals surface area contributed by atoms with E-state index in [4.69, 9.17) is 0 Å². The van der Waals surface area contributed by atoms with Crippen LogP contribution in [0.2, 0.25) is 0 Å². The summed E-state index contributed by atoms with van der Waals surface area (Å²) in [5.74, 6) is -0.679. The summed E-state index contributed by atoms with van der Waals surface area (Å²) >= 11 is 0. The van der Waals surface area contributed by atoms with Crippen LogP contribution >= 0.6 is 0 Å². The van der Waals surface area contributed by atoms with Crippen molar-refractivity contribution in [3.8, 4) is 0 Å². The van der Waals surface area contributed by atoms with Crippen molar-refractivity contribution in [2.75, 3.05) is 5.32 Å². The van der Waals surface area contributed by atoms with Crippen molar-refractivity contribution in [1.29, 1.82) is 0 Å². The molecular weight excluding hydrogens is 271 g/mol. The van der Waals surface area contributed by atoms with E-state index in [1.807, 2.05) is 0 Å². The molecule has 0 saturated carbocycles. The van der Waals surface area contributed by atoms with E-state index in [1.54, 1.807) is 19.1 Å². The molecule has 7 heteroatoms. The van der Waals surface area contributed by atoms with Crippen LogP contribution in [0.15, 0.2) is 36.8 Å². The van der Waals surface area contributed by atoms with Gasteiger partial charge < -0.3 is 5.32 Å². The summed E-state index contributed by atoms with van der Waals surface area (Å²) in [6, 6.07) is 4.12. The number of aromatic nitrogens is 2. The Kier molecular flexibility index (Phi) is 3.69. The number of nitrogens with one attached hydrogen (secondary N) is 1. The number of nitrogens with zero attached hydrogens (tertiary/aromatic N) is 2. The van der Waals surface area contributed by atoms with E-state index in [9.17, 15) is 18.0 Å². The third-order valence-electron chi connectivity index (χ3n) is 2.61. The van der Waals surface area contributed by atoms with E-state index in [0.717, 1.165) is 18.5 Å². The Hall–Kier alpha value is -2.44. The molecule has 0 bridgehead atoms. The molecule has 0 aromatic carbocycles. The first-order valence-electron chi connectivity index (χ1n) is 5.64. The normalized spacial score (nSPS) is 11.2. The van der Waals surface area contributed by atoms with Gasteiger partial charge in [-0.25, -0.2) is 4.98 Å². The predicted octanol–water partition coefficient (Wildman–Crippen LogP) is 3.06. The van der Waals surface area contributed by atoms with E-state index < -0.39 is 23.2 Å². The Morgan fingerprint density at radius 2 is 2.00 bits per heavy atom. The molecule has 0 radical (unpaired) electrons. The average molecular weight is 281 g/mol. The summed E-state index contributed by atoms with van der Waals surface area (Å²) in [4.78, 5) is 19.4. The zero-order valence-corrected chi connectivity index (χ0v) is 10.4. The van der Waals surface area contributed by atoms with Gasteiger partial charge in [-0.1, -0.05) is 6.07 Å². The van der Waals surface area contributed by atoms with Crippen molar-refractivity contribution in [1.82, 2.24) is 9.97 Å². The average Bonchev–Trinajstić information content (AvgIpc) is 2.40. The highest BCUT2D eigenvalue weighted by molar-refractivity contribution is 6.05. The lowest BCUT2D eigenvalue weighted by atomic mass is 10.1. The molecular formula is C13H10F3N3O. The number of hydrogen-bond donors (Lipinski definition) is 1. The molecule has 2 aromatic heterocycles. The van der Waals surface area contributed by atoms with Crippen LogP contribution in [-0.2, 0) is 6.18 Å². The van der Waals surface area contributed by atoms with Gasteiger partial charge in [0.25, 0.3) is 5.91 Å². The van der Waals surface area contributed by atoms with Gasteiger partial charge >= 0.3 is 6.18 Å². The van der Waals surface area contributed by atoms with E-state index in [2.05, 4.69) is 15.3 Å². The standard InChI is InChI=1S/C13H10F3N3O/c1-8-3-2-5-18-11(8)19-12(20)9-7-17-6-4-10(9)13(14,15)16/h2-7H,1H3,(H,18,19,20). The quantitative estimate of drug-likeness (QED) is 0.920. The summed E-state index contributed by atoms with van der Waals surface area (Å²) in [6.45, 7) is 1.69. The highest BCUT2D eigenvalue weighted by atomic mass is 19.4. The summed E-state index contributed by atoms with van der Waals surface area (Å²) in [5, 5.41) is 2.35.